The Bertz CT molecular complexity index is 416. The fourth-order valence-corrected chi connectivity index (χ4v) is 2.49. The molecule has 0 radical (unpaired) electrons. The lowest BCUT2D eigenvalue weighted by molar-refractivity contribution is 0.0430. The van der Waals surface area contributed by atoms with Crippen molar-refractivity contribution in [3.05, 3.63) is 23.8 Å². The Morgan fingerprint density at radius 1 is 1.17 bits per heavy atom. The Morgan fingerprint density at radius 3 is 2.72 bits per heavy atom. The predicted octanol–water partition coefficient (Wildman–Crippen LogP) is 1.32. The molecule has 0 saturated heterocycles. The Labute approximate surface area is 107 Å². The van der Waals surface area contributed by atoms with Gasteiger partial charge in [-0.25, -0.2) is 0 Å². The monoisotopic (exact) mass is 249 g/mol. The molecule has 18 heavy (non-hydrogen) atoms. The summed E-state index contributed by atoms with van der Waals surface area (Å²) >= 11 is 0. The zero-order valence-electron chi connectivity index (χ0n) is 10.4. The standard InChI is InChI=1S/C14H19NO3/c16-12-5-11(6-12)9-15-8-10-1-2-13-14(7-10)18-4-3-17-13/h1-2,7,11-12,15-16H,3-6,8-9H2. The van der Waals surface area contributed by atoms with Gasteiger partial charge in [0.25, 0.3) is 0 Å². The van der Waals surface area contributed by atoms with Gasteiger partial charge in [0.15, 0.2) is 11.5 Å². The van der Waals surface area contributed by atoms with Crippen LogP contribution in [0.1, 0.15) is 18.4 Å². The molecule has 0 spiro atoms. The van der Waals surface area contributed by atoms with E-state index in [0.29, 0.717) is 19.1 Å². The minimum Gasteiger partial charge on any atom is -0.486 e. The molecule has 1 heterocycles. The highest BCUT2D eigenvalue weighted by atomic mass is 16.6. The number of fused-ring (bicyclic) bond motifs is 1. The maximum atomic E-state index is 9.21. The van der Waals surface area contributed by atoms with Crippen molar-refractivity contribution in [1.29, 1.82) is 0 Å². The van der Waals surface area contributed by atoms with E-state index in [2.05, 4.69) is 11.4 Å². The number of benzene rings is 1. The van der Waals surface area contributed by atoms with Crippen LogP contribution in [0, 0.1) is 5.92 Å². The highest BCUT2D eigenvalue weighted by Gasteiger charge is 2.26. The quantitative estimate of drug-likeness (QED) is 0.845. The number of hydrogen-bond acceptors (Lipinski definition) is 4. The lowest BCUT2D eigenvalue weighted by atomic mass is 9.82. The number of rotatable bonds is 4. The largest absolute Gasteiger partial charge is 0.486 e. The molecule has 2 N–H and O–H groups in total. The van der Waals surface area contributed by atoms with Gasteiger partial charge < -0.3 is 19.9 Å². The molecule has 2 aliphatic rings. The molecule has 1 fully saturated rings. The summed E-state index contributed by atoms with van der Waals surface area (Å²) < 4.78 is 11.0. The maximum absolute atomic E-state index is 9.21. The summed E-state index contributed by atoms with van der Waals surface area (Å²) in [6, 6.07) is 6.08. The second-order valence-corrected chi connectivity index (χ2v) is 5.10. The van der Waals surface area contributed by atoms with Crippen molar-refractivity contribution >= 4 is 0 Å². The van der Waals surface area contributed by atoms with E-state index >= 15 is 0 Å². The summed E-state index contributed by atoms with van der Waals surface area (Å²) in [5.74, 6) is 2.32. The van der Waals surface area contributed by atoms with Gasteiger partial charge in [-0.15, -0.1) is 0 Å². The van der Waals surface area contributed by atoms with Crippen molar-refractivity contribution in [3.63, 3.8) is 0 Å². The zero-order chi connectivity index (χ0) is 12.4. The van der Waals surface area contributed by atoms with Crippen LogP contribution in [0.15, 0.2) is 18.2 Å². The van der Waals surface area contributed by atoms with Gasteiger partial charge in [0.05, 0.1) is 6.10 Å². The maximum Gasteiger partial charge on any atom is 0.161 e. The normalized spacial score (nSPS) is 25.6. The number of hydrogen-bond donors (Lipinski definition) is 2. The molecule has 3 rings (SSSR count). The van der Waals surface area contributed by atoms with Gasteiger partial charge in [-0.1, -0.05) is 6.07 Å². The fraction of sp³-hybridized carbons (Fsp3) is 0.571. The van der Waals surface area contributed by atoms with Crippen molar-refractivity contribution in [3.8, 4) is 11.5 Å². The first kappa shape index (κ1) is 11.8. The topological polar surface area (TPSA) is 50.7 Å². The molecule has 1 aromatic rings. The van der Waals surface area contributed by atoms with Gasteiger partial charge in [0, 0.05) is 6.54 Å². The van der Waals surface area contributed by atoms with Crippen molar-refractivity contribution in [2.75, 3.05) is 19.8 Å². The third-order valence-corrected chi connectivity index (χ3v) is 3.58. The molecule has 0 atom stereocenters. The summed E-state index contributed by atoms with van der Waals surface area (Å²) in [6.45, 7) is 3.08. The molecular weight excluding hydrogens is 230 g/mol. The van der Waals surface area contributed by atoms with Crippen LogP contribution in [-0.4, -0.2) is 31.0 Å². The second kappa shape index (κ2) is 5.16. The predicted molar refractivity (Wildman–Crippen MR) is 67.9 cm³/mol. The zero-order valence-corrected chi connectivity index (χ0v) is 10.4. The highest BCUT2D eigenvalue weighted by molar-refractivity contribution is 5.43. The first-order valence-electron chi connectivity index (χ1n) is 6.58. The van der Waals surface area contributed by atoms with E-state index in [9.17, 15) is 5.11 Å². The van der Waals surface area contributed by atoms with Gasteiger partial charge in [0.1, 0.15) is 13.2 Å². The molecule has 4 heteroatoms. The molecule has 0 aromatic heterocycles. The van der Waals surface area contributed by atoms with E-state index in [0.717, 1.165) is 37.4 Å². The first-order valence-corrected chi connectivity index (χ1v) is 6.58. The number of ether oxygens (including phenoxy) is 2. The smallest absolute Gasteiger partial charge is 0.161 e. The van der Waals surface area contributed by atoms with E-state index in [4.69, 9.17) is 9.47 Å². The molecule has 0 bridgehead atoms. The Balaban J connectivity index is 1.50. The molecule has 0 amide bonds. The van der Waals surface area contributed by atoms with Crippen LogP contribution < -0.4 is 14.8 Å². The Morgan fingerprint density at radius 2 is 1.94 bits per heavy atom. The van der Waals surface area contributed by atoms with Crippen LogP contribution >= 0.6 is 0 Å². The van der Waals surface area contributed by atoms with Crippen molar-refractivity contribution in [1.82, 2.24) is 5.32 Å². The SMILES string of the molecule is OC1CC(CNCc2ccc3c(c2)OCCO3)C1. The lowest BCUT2D eigenvalue weighted by Gasteiger charge is -2.31. The minimum absolute atomic E-state index is 0.0638. The number of aliphatic hydroxyl groups excluding tert-OH is 1. The summed E-state index contributed by atoms with van der Waals surface area (Å²) in [5, 5.41) is 12.6. The lowest BCUT2D eigenvalue weighted by Crippen LogP contribution is -2.35. The fourth-order valence-electron chi connectivity index (χ4n) is 2.49. The molecule has 1 aromatic carbocycles. The summed E-state index contributed by atoms with van der Waals surface area (Å²) in [7, 11) is 0. The highest BCUT2D eigenvalue weighted by Crippen LogP contribution is 2.31. The van der Waals surface area contributed by atoms with E-state index in [1.807, 2.05) is 12.1 Å². The molecule has 1 saturated carbocycles. The van der Waals surface area contributed by atoms with E-state index < -0.39 is 0 Å². The van der Waals surface area contributed by atoms with Crippen molar-refractivity contribution in [2.45, 2.75) is 25.5 Å². The summed E-state index contributed by atoms with van der Waals surface area (Å²) in [4.78, 5) is 0. The van der Waals surface area contributed by atoms with Gasteiger partial charge in [0.2, 0.25) is 0 Å². The minimum atomic E-state index is -0.0638. The summed E-state index contributed by atoms with van der Waals surface area (Å²) in [6.07, 6.45) is 1.81. The van der Waals surface area contributed by atoms with Crippen molar-refractivity contribution in [2.24, 2.45) is 5.92 Å². The van der Waals surface area contributed by atoms with Crippen LogP contribution in [0.4, 0.5) is 0 Å². The van der Waals surface area contributed by atoms with Gasteiger partial charge in [-0.05, 0) is 43.0 Å². The van der Waals surface area contributed by atoms with E-state index in [1.54, 1.807) is 0 Å². The van der Waals surface area contributed by atoms with Crippen LogP contribution in [0.2, 0.25) is 0 Å². The van der Waals surface area contributed by atoms with Gasteiger partial charge in [-0.3, -0.25) is 0 Å². The van der Waals surface area contributed by atoms with Crippen molar-refractivity contribution < 1.29 is 14.6 Å². The van der Waals surface area contributed by atoms with Crippen LogP contribution in [-0.2, 0) is 6.54 Å². The number of nitrogens with one attached hydrogen (secondary N) is 1. The number of aliphatic hydroxyl groups is 1. The van der Waals surface area contributed by atoms with Gasteiger partial charge >= 0.3 is 0 Å². The molecule has 1 aliphatic heterocycles. The summed E-state index contributed by atoms with van der Waals surface area (Å²) in [5.41, 5.74) is 1.21. The second-order valence-electron chi connectivity index (χ2n) is 5.10. The Hall–Kier alpha value is -1.26. The van der Waals surface area contributed by atoms with Gasteiger partial charge in [-0.2, -0.15) is 0 Å². The first-order chi connectivity index (χ1) is 8.81. The molecule has 1 aliphatic carbocycles. The third kappa shape index (κ3) is 2.60. The van der Waals surface area contributed by atoms with E-state index in [1.165, 1.54) is 5.56 Å². The Kier molecular flexibility index (Phi) is 3.39. The molecular formula is C14H19NO3. The molecule has 0 unspecified atom stereocenters. The molecule has 98 valence electrons. The average Bonchev–Trinajstić information content (AvgIpc) is 2.36. The van der Waals surface area contributed by atoms with E-state index in [-0.39, 0.29) is 6.10 Å². The third-order valence-electron chi connectivity index (χ3n) is 3.58. The van der Waals surface area contributed by atoms with Crippen LogP contribution in [0.3, 0.4) is 0 Å². The van der Waals surface area contributed by atoms with Crippen LogP contribution in [0.25, 0.3) is 0 Å². The average molecular weight is 249 g/mol. The van der Waals surface area contributed by atoms with Crippen LogP contribution in [0.5, 0.6) is 11.5 Å². The molecule has 4 nitrogen and oxygen atoms in total.